The number of nitrogens with zero attached hydrogens (tertiary/aromatic N) is 3. The van der Waals surface area contributed by atoms with E-state index in [9.17, 15) is 5.11 Å². The van der Waals surface area contributed by atoms with Crippen LogP contribution < -0.4 is 0 Å². The van der Waals surface area contributed by atoms with Crippen molar-refractivity contribution in [2.75, 3.05) is 0 Å². The second-order valence-electron chi connectivity index (χ2n) is 5.15. The molecule has 0 spiro atoms. The second-order valence-corrected chi connectivity index (χ2v) is 5.59. The highest BCUT2D eigenvalue weighted by molar-refractivity contribution is 6.30. The number of benzene rings is 2. The van der Waals surface area contributed by atoms with Crippen molar-refractivity contribution < 1.29 is 5.11 Å². The number of phenolic OH excluding ortho intramolecular Hbond substituents is 1. The third-order valence-corrected chi connectivity index (χ3v) is 3.91. The van der Waals surface area contributed by atoms with E-state index >= 15 is 0 Å². The second kappa shape index (κ2) is 5.41. The maximum absolute atomic E-state index is 9.53. The summed E-state index contributed by atoms with van der Waals surface area (Å²) in [4.78, 5) is 8.98. The lowest BCUT2D eigenvalue weighted by Crippen LogP contribution is -1.90. The molecule has 4 nitrogen and oxygen atoms in total. The van der Waals surface area contributed by atoms with Gasteiger partial charge in [-0.3, -0.25) is 4.40 Å². The zero-order valence-corrected chi connectivity index (χ0v) is 12.8. The number of hydrogen-bond acceptors (Lipinski definition) is 3. The van der Waals surface area contributed by atoms with E-state index in [1.807, 2.05) is 53.1 Å². The molecule has 4 aromatic rings. The molecule has 5 heteroatoms. The van der Waals surface area contributed by atoms with E-state index in [0.29, 0.717) is 10.8 Å². The van der Waals surface area contributed by atoms with Crippen LogP contribution >= 0.6 is 11.6 Å². The molecule has 0 atom stereocenters. The summed E-state index contributed by atoms with van der Waals surface area (Å²) in [6.45, 7) is 0. The lowest BCUT2D eigenvalue weighted by atomic mass is 10.0. The molecule has 0 unspecified atom stereocenters. The molecule has 0 saturated carbocycles. The summed E-state index contributed by atoms with van der Waals surface area (Å²) in [6.07, 6.45) is 3.64. The summed E-state index contributed by atoms with van der Waals surface area (Å²) in [6, 6.07) is 16.5. The van der Waals surface area contributed by atoms with Crippen LogP contribution in [0.3, 0.4) is 0 Å². The van der Waals surface area contributed by atoms with Gasteiger partial charge < -0.3 is 5.11 Å². The standard InChI is InChI=1S/C18H12ClN3O/c19-14-6-2-12(3-7-14)16-17(13-4-8-15(23)9-5-13)22-11-1-10-20-18(22)21-16/h1-11,23H. The number of halogens is 1. The van der Waals surface area contributed by atoms with E-state index in [2.05, 4.69) is 9.97 Å². The molecule has 0 aliphatic carbocycles. The maximum atomic E-state index is 9.53. The van der Waals surface area contributed by atoms with Gasteiger partial charge in [0.05, 0.1) is 11.4 Å². The average Bonchev–Trinajstić information content (AvgIpc) is 2.96. The monoisotopic (exact) mass is 321 g/mol. The van der Waals surface area contributed by atoms with Crippen LogP contribution in [0.5, 0.6) is 5.75 Å². The van der Waals surface area contributed by atoms with E-state index in [0.717, 1.165) is 22.5 Å². The van der Waals surface area contributed by atoms with Gasteiger partial charge >= 0.3 is 0 Å². The normalized spacial score (nSPS) is 11.0. The summed E-state index contributed by atoms with van der Waals surface area (Å²) >= 11 is 5.99. The zero-order chi connectivity index (χ0) is 15.8. The van der Waals surface area contributed by atoms with Gasteiger partial charge in [0, 0.05) is 28.5 Å². The molecule has 0 aliphatic rings. The van der Waals surface area contributed by atoms with Gasteiger partial charge in [0.1, 0.15) is 5.75 Å². The third-order valence-electron chi connectivity index (χ3n) is 3.66. The lowest BCUT2D eigenvalue weighted by molar-refractivity contribution is 0.475. The zero-order valence-electron chi connectivity index (χ0n) is 12.0. The molecule has 2 aromatic heterocycles. The molecule has 4 rings (SSSR count). The van der Waals surface area contributed by atoms with Crippen molar-refractivity contribution in [3.05, 3.63) is 72.0 Å². The SMILES string of the molecule is Oc1ccc(-c2c(-c3ccc(Cl)cc3)nc3ncccn23)cc1. The van der Waals surface area contributed by atoms with Crippen molar-refractivity contribution in [3.8, 4) is 28.3 Å². The van der Waals surface area contributed by atoms with Crippen LogP contribution in [0.2, 0.25) is 5.02 Å². The number of imidazole rings is 1. The van der Waals surface area contributed by atoms with Crippen LogP contribution in [0.1, 0.15) is 0 Å². The summed E-state index contributed by atoms with van der Waals surface area (Å²) in [5.41, 5.74) is 3.66. The van der Waals surface area contributed by atoms with Crippen LogP contribution in [0, 0.1) is 0 Å². The number of aromatic hydroxyl groups is 1. The fraction of sp³-hybridized carbons (Fsp3) is 0. The Morgan fingerprint density at radius 1 is 0.913 bits per heavy atom. The minimum Gasteiger partial charge on any atom is -0.508 e. The molecule has 2 heterocycles. The fourth-order valence-corrected chi connectivity index (χ4v) is 2.72. The molecule has 0 bridgehead atoms. The van der Waals surface area contributed by atoms with Crippen molar-refractivity contribution in [2.24, 2.45) is 0 Å². The highest BCUT2D eigenvalue weighted by atomic mass is 35.5. The lowest BCUT2D eigenvalue weighted by Gasteiger charge is -2.06. The Hall–Kier alpha value is -2.85. The molecule has 1 N–H and O–H groups in total. The van der Waals surface area contributed by atoms with Gasteiger partial charge in [0.2, 0.25) is 5.78 Å². The molecule has 0 radical (unpaired) electrons. The minimum absolute atomic E-state index is 0.230. The quantitative estimate of drug-likeness (QED) is 0.594. The molecule has 23 heavy (non-hydrogen) atoms. The number of hydrogen-bond donors (Lipinski definition) is 1. The van der Waals surface area contributed by atoms with Gasteiger partial charge in [-0.15, -0.1) is 0 Å². The number of fused-ring (bicyclic) bond motifs is 1. The van der Waals surface area contributed by atoms with E-state index in [-0.39, 0.29) is 5.75 Å². The van der Waals surface area contributed by atoms with Gasteiger partial charge in [0.25, 0.3) is 0 Å². The highest BCUT2D eigenvalue weighted by Crippen LogP contribution is 2.33. The molecular weight excluding hydrogens is 310 g/mol. The Bertz CT molecular complexity index is 976. The van der Waals surface area contributed by atoms with Gasteiger partial charge in [0.15, 0.2) is 0 Å². The van der Waals surface area contributed by atoms with Gasteiger partial charge in [-0.1, -0.05) is 23.7 Å². The first-order valence-corrected chi connectivity index (χ1v) is 7.48. The Kier molecular flexibility index (Phi) is 3.24. The van der Waals surface area contributed by atoms with Crippen molar-refractivity contribution >= 4 is 17.4 Å². The Labute approximate surface area is 137 Å². The van der Waals surface area contributed by atoms with Crippen LogP contribution in [-0.4, -0.2) is 19.5 Å². The molecule has 0 aliphatic heterocycles. The first-order chi connectivity index (χ1) is 11.2. The molecule has 2 aromatic carbocycles. The van der Waals surface area contributed by atoms with Gasteiger partial charge in [-0.05, 0) is 42.5 Å². The predicted octanol–water partition coefficient (Wildman–Crippen LogP) is 4.42. The van der Waals surface area contributed by atoms with Gasteiger partial charge in [-0.2, -0.15) is 0 Å². The van der Waals surface area contributed by atoms with Crippen molar-refractivity contribution in [3.63, 3.8) is 0 Å². The van der Waals surface area contributed by atoms with Gasteiger partial charge in [-0.25, -0.2) is 9.97 Å². The number of aromatic nitrogens is 3. The molecule has 112 valence electrons. The van der Waals surface area contributed by atoms with Crippen molar-refractivity contribution in [2.45, 2.75) is 0 Å². The Morgan fingerprint density at radius 3 is 2.35 bits per heavy atom. The third kappa shape index (κ3) is 2.43. The molecular formula is C18H12ClN3O. The number of rotatable bonds is 2. The molecule has 0 saturated heterocycles. The van der Waals surface area contributed by atoms with Crippen molar-refractivity contribution in [1.29, 1.82) is 0 Å². The summed E-state index contributed by atoms with van der Waals surface area (Å²) in [7, 11) is 0. The number of phenols is 1. The van der Waals surface area contributed by atoms with Crippen LogP contribution in [0.15, 0.2) is 67.0 Å². The summed E-state index contributed by atoms with van der Waals surface area (Å²) in [5, 5.41) is 10.2. The molecule has 0 fully saturated rings. The van der Waals surface area contributed by atoms with Crippen LogP contribution in [0.4, 0.5) is 0 Å². The van der Waals surface area contributed by atoms with E-state index < -0.39 is 0 Å². The Morgan fingerprint density at radius 2 is 1.61 bits per heavy atom. The van der Waals surface area contributed by atoms with E-state index in [4.69, 9.17) is 11.6 Å². The summed E-state index contributed by atoms with van der Waals surface area (Å²) in [5.74, 6) is 0.856. The minimum atomic E-state index is 0.230. The Balaban J connectivity index is 2.01. The smallest absolute Gasteiger partial charge is 0.234 e. The van der Waals surface area contributed by atoms with E-state index in [1.54, 1.807) is 18.3 Å². The maximum Gasteiger partial charge on any atom is 0.234 e. The first kappa shape index (κ1) is 13.8. The summed E-state index contributed by atoms with van der Waals surface area (Å²) < 4.78 is 1.94. The predicted molar refractivity (Wildman–Crippen MR) is 90.5 cm³/mol. The molecule has 0 amide bonds. The fourth-order valence-electron chi connectivity index (χ4n) is 2.59. The van der Waals surface area contributed by atoms with Crippen LogP contribution in [0.25, 0.3) is 28.3 Å². The first-order valence-electron chi connectivity index (χ1n) is 7.11. The van der Waals surface area contributed by atoms with Crippen LogP contribution in [-0.2, 0) is 0 Å². The van der Waals surface area contributed by atoms with E-state index in [1.165, 1.54) is 0 Å². The largest absolute Gasteiger partial charge is 0.508 e. The topological polar surface area (TPSA) is 50.4 Å². The van der Waals surface area contributed by atoms with Crippen molar-refractivity contribution in [1.82, 2.24) is 14.4 Å². The highest BCUT2D eigenvalue weighted by Gasteiger charge is 2.16. The average molecular weight is 322 g/mol.